The molecule has 1 saturated heterocycles. The monoisotopic (exact) mass is 346 g/mol. The largest absolute Gasteiger partial charge is 0.494 e. The van der Waals surface area contributed by atoms with Crippen LogP contribution < -0.4 is 10.1 Å². The first-order chi connectivity index (χ1) is 9.85. The first-order valence-electron chi connectivity index (χ1n) is 7.63. The number of hydrogen-bond acceptors (Lipinski definition) is 3. The predicted molar refractivity (Wildman–Crippen MR) is 98.7 cm³/mol. The zero-order chi connectivity index (χ0) is 14.2. The Morgan fingerprint density at radius 3 is 2.41 bits per heavy atom. The number of nitrogens with one attached hydrogen (secondary N) is 1. The molecule has 1 aliphatic heterocycles. The van der Waals surface area contributed by atoms with Crippen molar-refractivity contribution in [3.05, 3.63) is 42.5 Å². The SMILES string of the molecule is C=CCC[C@@H](c1ccc(OCC)cc1)N1CCNCC1.Cl.Cl. The molecule has 0 saturated carbocycles. The van der Waals surface area contributed by atoms with Crippen molar-refractivity contribution in [2.24, 2.45) is 0 Å². The van der Waals surface area contributed by atoms with Gasteiger partial charge in [-0.1, -0.05) is 18.2 Å². The first-order valence-corrected chi connectivity index (χ1v) is 7.63. The molecule has 22 heavy (non-hydrogen) atoms. The van der Waals surface area contributed by atoms with Gasteiger partial charge in [0.2, 0.25) is 0 Å². The molecule has 1 aromatic carbocycles. The van der Waals surface area contributed by atoms with Gasteiger partial charge in [0, 0.05) is 32.2 Å². The second-order valence-corrected chi connectivity index (χ2v) is 5.17. The maximum atomic E-state index is 5.53. The summed E-state index contributed by atoms with van der Waals surface area (Å²) >= 11 is 0. The molecule has 1 aromatic rings. The van der Waals surface area contributed by atoms with Crippen LogP contribution in [0.1, 0.15) is 31.4 Å². The zero-order valence-electron chi connectivity index (χ0n) is 13.3. The second kappa shape index (κ2) is 11.8. The molecule has 0 amide bonds. The molecular formula is C17H28Cl2N2O. The van der Waals surface area contributed by atoms with Gasteiger partial charge in [-0.25, -0.2) is 0 Å². The van der Waals surface area contributed by atoms with Gasteiger partial charge in [0.25, 0.3) is 0 Å². The number of rotatable bonds is 7. The van der Waals surface area contributed by atoms with E-state index in [1.165, 1.54) is 5.56 Å². The van der Waals surface area contributed by atoms with E-state index in [9.17, 15) is 0 Å². The Kier molecular flexibility index (Phi) is 11.4. The Hall–Kier alpha value is -0.740. The molecular weight excluding hydrogens is 319 g/mol. The van der Waals surface area contributed by atoms with E-state index in [0.29, 0.717) is 6.04 Å². The summed E-state index contributed by atoms with van der Waals surface area (Å²) in [6.07, 6.45) is 4.21. The van der Waals surface area contributed by atoms with E-state index in [1.54, 1.807) is 0 Å². The van der Waals surface area contributed by atoms with Crippen LogP contribution in [0.15, 0.2) is 36.9 Å². The number of piperazine rings is 1. The van der Waals surface area contributed by atoms with Crippen molar-refractivity contribution in [1.82, 2.24) is 10.2 Å². The Morgan fingerprint density at radius 1 is 1.23 bits per heavy atom. The molecule has 0 spiro atoms. The number of ether oxygens (including phenoxy) is 1. The molecule has 1 heterocycles. The summed E-state index contributed by atoms with van der Waals surface area (Å²) < 4.78 is 5.53. The fourth-order valence-corrected chi connectivity index (χ4v) is 2.78. The number of hydrogen-bond donors (Lipinski definition) is 1. The maximum Gasteiger partial charge on any atom is 0.119 e. The van der Waals surface area contributed by atoms with Gasteiger partial charge < -0.3 is 10.1 Å². The topological polar surface area (TPSA) is 24.5 Å². The third kappa shape index (κ3) is 6.17. The molecule has 0 aromatic heterocycles. The van der Waals surface area contributed by atoms with Crippen LogP contribution in [-0.4, -0.2) is 37.7 Å². The Labute approximate surface area is 146 Å². The average molecular weight is 347 g/mol. The summed E-state index contributed by atoms with van der Waals surface area (Å²) in [6.45, 7) is 11.0. The summed E-state index contributed by atoms with van der Waals surface area (Å²) in [4.78, 5) is 2.58. The minimum Gasteiger partial charge on any atom is -0.494 e. The minimum absolute atomic E-state index is 0. The Bertz CT molecular complexity index is 406. The van der Waals surface area contributed by atoms with E-state index in [1.807, 2.05) is 13.0 Å². The fourth-order valence-electron chi connectivity index (χ4n) is 2.78. The third-order valence-electron chi connectivity index (χ3n) is 3.81. The smallest absolute Gasteiger partial charge is 0.119 e. The highest BCUT2D eigenvalue weighted by Crippen LogP contribution is 2.27. The highest BCUT2D eigenvalue weighted by atomic mass is 35.5. The van der Waals surface area contributed by atoms with E-state index in [-0.39, 0.29) is 24.8 Å². The quantitative estimate of drug-likeness (QED) is 0.759. The molecule has 1 N–H and O–H groups in total. The van der Waals surface area contributed by atoms with Crippen LogP contribution in [0.2, 0.25) is 0 Å². The van der Waals surface area contributed by atoms with Crippen molar-refractivity contribution < 1.29 is 4.74 Å². The van der Waals surface area contributed by atoms with Gasteiger partial charge in [0.15, 0.2) is 0 Å². The van der Waals surface area contributed by atoms with Crippen LogP contribution in [0.25, 0.3) is 0 Å². The van der Waals surface area contributed by atoms with Gasteiger partial charge in [-0.3, -0.25) is 4.90 Å². The van der Waals surface area contributed by atoms with Crippen molar-refractivity contribution in [1.29, 1.82) is 0 Å². The summed E-state index contributed by atoms with van der Waals surface area (Å²) in [5, 5.41) is 3.42. The summed E-state index contributed by atoms with van der Waals surface area (Å²) in [5.41, 5.74) is 1.39. The van der Waals surface area contributed by atoms with E-state index >= 15 is 0 Å². The highest BCUT2D eigenvalue weighted by Gasteiger charge is 2.21. The van der Waals surface area contributed by atoms with Gasteiger partial charge in [-0.05, 0) is 37.5 Å². The van der Waals surface area contributed by atoms with Crippen molar-refractivity contribution in [3.63, 3.8) is 0 Å². The molecule has 3 nitrogen and oxygen atoms in total. The lowest BCUT2D eigenvalue weighted by molar-refractivity contribution is 0.166. The lowest BCUT2D eigenvalue weighted by Crippen LogP contribution is -2.45. The van der Waals surface area contributed by atoms with E-state index in [2.05, 4.69) is 41.1 Å². The number of nitrogens with zero attached hydrogens (tertiary/aromatic N) is 1. The van der Waals surface area contributed by atoms with Crippen molar-refractivity contribution in [2.45, 2.75) is 25.8 Å². The van der Waals surface area contributed by atoms with Crippen LogP contribution in [0.5, 0.6) is 5.75 Å². The second-order valence-electron chi connectivity index (χ2n) is 5.17. The minimum atomic E-state index is 0. The summed E-state index contributed by atoms with van der Waals surface area (Å²) in [7, 11) is 0. The standard InChI is InChI=1S/C17H26N2O.2ClH/c1-3-5-6-17(19-13-11-18-12-14-19)15-7-9-16(10-8-15)20-4-2;;/h3,7-10,17-18H,1,4-6,11-14H2,2H3;2*1H/t17-;;/m0../s1. The molecule has 0 aliphatic carbocycles. The van der Waals surface area contributed by atoms with E-state index < -0.39 is 0 Å². The van der Waals surface area contributed by atoms with Gasteiger partial charge >= 0.3 is 0 Å². The van der Waals surface area contributed by atoms with E-state index in [0.717, 1.165) is 51.4 Å². The number of halogens is 2. The summed E-state index contributed by atoms with van der Waals surface area (Å²) in [6, 6.07) is 9.08. The zero-order valence-corrected chi connectivity index (χ0v) is 14.9. The van der Waals surface area contributed by atoms with Gasteiger partial charge in [-0.15, -0.1) is 31.4 Å². The van der Waals surface area contributed by atoms with Crippen LogP contribution in [0, 0.1) is 0 Å². The third-order valence-corrected chi connectivity index (χ3v) is 3.81. The van der Waals surface area contributed by atoms with Crippen LogP contribution in [0.3, 0.4) is 0 Å². The molecule has 0 bridgehead atoms. The number of benzene rings is 1. The molecule has 0 radical (unpaired) electrons. The fraction of sp³-hybridized carbons (Fsp3) is 0.529. The lowest BCUT2D eigenvalue weighted by Gasteiger charge is -2.35. The van der Waals surface area contributed by atoms with Gasteiger partial charge in [-0.2, -0.15) is 0 Å². The Balaban J connectivity index is 0.00000220. The van der Waals surface area contributed by atoms with Crippen LogP contribution in [-0.2, 0) is 0 Å². The lowest BCUT2D eigenvalue weighted by atomic mass is 9.99. The molecule has 1 atom stereocenters. The van der Waals surface area contributed by atoms with Gasteiger partial charge in [0.1, 0.15) is 5.75 Å². The normalized spacial score (nSPS) is 16.0. The predicted octanol–water partition coefficient (Wildman–Crippen LogP) is 3.84. The van der Waals surface area contributed by atoms with Crippen LogP contribution in [0.4, 0.5) is 0 Å². The van der Waals surface area contributed by atoms with Crippen molar-refractivity contribution in [2.75, 3.05) is 32.8 Å². The van der Waals surface area contributed by atoms with Crippen molar-refractivity contribution in [3.8, 4) is 5.75 Å². The van der Waals surface area contributed by atoms with Gasteiger partial charge in [0.05, 0.1) is 6.61 Å². The molecule has 1 aliphatic rings. The van der Waals surface area contributed by atoms with Crippen LogP contribution >= 0.6 is 24.8 Å². The van der Waals surface area contributed by atoms with E-state index in [4.69, 9.17) is 4.74 Å². The average Bonchev–Trinajstić information content (AvgIpc) is 2.51. The first kappa shape index (κ1) is 21.3. The number of allylic oxidation sites excluding steroid dienone is 1. The van der Waals surface area contributed by atoms with Crippen molar-refractivity contribution >= 4 is 24.8 Å². The Morgan fingerprint density at radius 2 is 1.86 bits per heavy atom. The maximum absolute atomic E-state index is 5.53. The molecule has 2 rings (SSSR count). The molecule has 0 unspecified atom stereocenters. The molecule has 1 fully saturated rings. The molecule has 5 heteroatoms. The highest BCUT2D eigenvalue weighted by molar-refractivity contribution is 5.85. The summed E-state index contributed by atoms with van der Waals surface area (Å²) in [5.74, 6) is 0.957. The molecule has 126 valence electrons.